The number of allylic oxidation sites excluding steroid dienone is 1. The van der Waals surface area contributed by atoms with Gasteiger partial charge in [0, 0.05) is 11.8 Å². The van der Waals surface area contributed by atoms with Crippen LogP contribution in [-0.2, 0) is 18.9 Å². The second-order valence-electron chi connectivity index (χ2n) is 8.35. The highest BCUT2D eigenvalue weighted by atomic mass is 16.7. The predicted octanol–water partition coefficient (Wildman–Crippen LogP) is 4.93. The molecule has 3 aliphatic rings. The van der Waals surface area contributed by atoms with Crippen LogP contribution in [0.25, 0.3) is 0 Å². The first kappa shape index (κ1) is 20.3. The van der Waals surface area contributed by atoms with E-state index in [0.717, 1.165) is 25.6 Å². The molecule has 0 unspecified atom stereocenters. The summed E-state index contributed by atoms with van der Waals surface area (Å²) in [5, 5.41) is 0. The highest BCUT2D eigenvalue weighted by Crippen LogP contribution is 2.36. The summed E-state index contributed by atoms with van der Waals surface area (Å²) in [5.41, 5.74) is 0. The van der Waals surface area contributed by atoms with Crippen LogP contribution < -0.4 is 0 Å². The van der Waals surface area contributed by atoms with E-state index in [4.69, 9.17) is 18.9 Å². The van der Waals surface area contributed by atoms with Crippen molar-refractivity contribution >= 4 is 0 Å². The summed E-state index contributed by atoms with van der Waals surface area (Å²) in [4.78, 5) is 0. The molecule has 3 rings (SSSR count). The zero-order valence-corrected chi connectivity index (χ0v) is 16.7. The van der Waals surface area contributed by atoms with Crippen molar-refractivity contribution in [2.24, 2.45) is 23.7 Å². The Morgan fingerprint density at radius 3 is 2.00 bits per heavy atom. The molecular formula is C22H38O4. The standard InChI is InChI=1S/C22H38O4/c1-3-5-7-17-9-11-19(12-10-17)21-25-15-20(16-26-21)22-23-13-18(14-24-22)8-6-4-2/h6,8,17-22H,3-5,7,9-16H2,1-2H3/b8-6+. The molecular weight excluding hydrogens is 328 g/mol. The van der Waals surface area contributed by atoms with E-state index in [1.54, 1.807) is 0 Å². The molecule has 1 aliphatic carbocycles. The van der Waals surface area contributed by atoms with Gasteiger partial charge in [0.05, 0.1) is 32.3 Å². The summed E-state index contributed by atoms with van der Waals surface area (Å²) in [6.45, 7) is 7.30. The van der Waals surface area contributed by atoms with E-state index in [1.165, 1.54) is 44.9 Å². The van der Waals surface area contributed by atoms with Crippen LogP contribution in [0.3, 0.4) is 0 Å². The zero-order valence-electron chi connectivity index (χ0n) is 16.7. The first-order chi connectivity index (χ1) is 12.8. The molecule has 2 heterocycles. The van der Waals surface area contributed by atoms with Crippen molar-refractivity contribution < 1.29 is 18.9 Å². The lowest BCUT2D eigenvalue weighted by molar-refractivity contribution is -0.288. The van der Waals surface area contributed by atoms with Crippen LogP contribution in [0, 0.1) is 23.7 Å². The SMILES string of the molecule is CC/C=C/C1COC(C2COC(C3CCC(CCCC)CC3)OC2)OC1. The maximum absolute atomic E-state index is 6.10. The Balaban J connectivity index is 1.34. The van der Waals surface area contributed by atoms with Crippen molar-refractivity contribution in [3.8, 4) is 0 Å². The fourth-order valence-electron chi connectivity index (χ4n) is 4.45. The molecule has 26 heavy (non-hydrogen) atoms. The summed E-state index contributed by atoms with van der Waals surface area (Å²) in [6.07, 6.45) is 14.6. The van der Waals surface area contributed by atoms with Crippen LogP contribution in [0.5, 0.6) is 0 Å². The fraction of sp³-hybridized carbons (Fsp3) is 0.909. The molecule has 0 aromatic rings. The van der Waals surface area contributed by atoms with Gasteiger partial charge in [0.15, 0.2) is 12.6 Å². The molecule has 0 atom stereocenters. The minimum Gasteiger partial charge on any atom is -0.352 e. The van der Waals surface area contributed by atoms with Gasteiger partial charge in [-0.15, -0.1) is 0 Å². The Morgan fingerprint density at radius 2 is 1.38 bits per heavy atom. The van der Waals surface area contributed by atoms with Gasteiger partial charge in [-0.25, -0.2) is 0 Å². The summed E-state index contributed by atoms with van der Waals surface area (Å²) in [5.74, 6) is 2.09. The van der Waals surface area contributed by atoms with Crippen LogP contribution in [0.1, 0.15) is 65.2 Å². The third-order valence-corrected chi connectivity index (χ3v) is 6.17. The summed E-state index contributed by atoms with van der Waals surface area (Å²) in [7, 11) is 0. The smallest absolute Gasteiger partial charge is 0.164 e. The van der Waals surface area contributed by atoms with Crippen molar-refractivity contribution in [3.05, 3.63) is 12.2 Å². The lowest BCUT2D eigenvalue weighted by Gasteiger charge is -2.40. The molecule has 1 saturated carbocycles. The third-order valence-electron chi connectivity index (χ3n) is 6.17. The van der Waals surface area contributed by atoms with Crippen molar-refractivity contribution in [2.75, 3.05) is 26.4 Å². The van der Waals surface area contributed by atoms with E-state index in [2.05, 4.69) is 26.0 Å². The van der Waals surface area contributed by atoms with E-state index in [-0.39, 0.29) is 18.5 Å². The van der Waals surface area contributed by atoms with Crippen molar-refractivity contribution in [1.29, 1.82) is 0 Å². The van der Waals surface area contributed by atoms with Gasteiger partial charge in [-0.3, -0.25) is 0 Å². The quantitative estimate of drug-likeness (QED) is 0.599. The lowest BCUT2D eigenvalue weighted by Crippen LogP contribution is -2.46. The topological polar surface area (TPSA) is 36.9 Å². The third kappa shape index (κ3) is 5.79. The van der Waals surface area contributed by atoms with Crippen molar-refractivity contribution in [2.45, 2.75) is 77.8 Å². The van der Waals surface area contributed by atoms with Crippen LogP contribution in [0.15, 0.2) is 12.2 Å². The molecule has 0 spiro atoms. The fourth-order valence-corrected chi connectivity index (χ4v) is 4.45. The minimum absolute atomic E-state index is 0.0119. The van der Waals surface area contributed by atoms with E-state index in [1.807, 2.05) is 0 Å². The maximum Gasteiger partial charge on any atom is 0.164 e. The van der Waals surface area contributed by atoms with E-state index in [0.29, 0.717) is 25.0 Å². The molecule has 3 fully saturated rings. The lowest BCUT2D eigenvalue weighted by atomic mass is 9.79. The van der Waals surface area contributed by atoms with Gasteiger partial charge in [0.1, 0.15) is 0 Å². The van der Waals surface area contributed by atoms with Crippen LogP contribution in [0.4, 0.5) is 0 Å². The van der Waals surface area contributed by atoms with Gasteiger partial charge in [-0.2, -0.15) is 0 Å². The van der Waals surface area contributed by atoms with Crippen LogP contribution in [-0.4, -0.2) is 39.0 Å². The normalized spacial score (nSPS) is 39.3. The largest absolute Gasteiger partial charge is 0.352 e. The Hall–Kier alpha value is -0.420. The number of ether oxygens (including phenoxy) is 4. The molecule has 0 amide bonds. The number of hydrogen-bond donors (Lipinski definition) is 0. The molecule has 0 N–H and O–H groups in total. The summed E-state index contributed by atoms with van der Waals surface area (Å²) < 4.78 is 24.0. The number of hydrogen-bond acceptors (Lipinski definition) is 4. The summed E-state index contributed by atoms with van der Waals surface area (Å²) >= 11 is 0. The first-order valence-electron chi connectivity index (χ1n) is 10.9. The average Bonchev–Trinajstić information content (AvgIpc) is 2.72. The Labute approximate surface area is 159 Å². The highest BCUT2D eigenvalue weighted by Gasteiger charge is 2.36. The summed E-state index contributed by atoms with van der Waals surface area (Å²) in [6, 6.07) is 0. The van der Waals surface area contributed by atoms with E-state index < -0.39 is 0 Å². The molecule has 2 saturated heterocycles. The zero-order chi connectivity index (χ0) is 18.2. The number of unbranched alkanes of at least 4 members (excludes halogenated alkanes) is 1. The molecule has 150 valence electrons. The molecule has 2 aliphatic heterocycles. The molecule has 0 radical (unpaired) electrons. The van der Waals surface area contributed by atoms with Gasteiger partial charge in [0.25, 0.3) is 0 Å². The van der Waals surface area contributed by atoms with Gasteiger partial charge in [-0.05, 0) is 38.0 Å². The average molecular weight is 367 g/mol. The van der Waals surface area contributed by atoms with Gasteiger partial charge in [0.2, 0.25) is 0 Å². The van der Waals surface area contributed by atoms with E-state index in [9.17, 15) is 0 Å². The van der Waals surface area contributed by atoms with Crippen molar-refractivity contribution in [1.82, 2.24) is 0 Å². The van der Waals surface area contributed by atoms with Gasteiger partial charge >= 0.3 is 0 Å². The van der Waals surface area contributed by atoms with E-state index >= 15 is 0 Å². The van der Waals surface area contributed by atoms with Gasteiger partial charge < -0.3 is 18.9 Å². The molecule has 0 bridgehead atoms. The highest BCUT2D eigenvalue weighted by molar-refractivity contribution is 4.89. The predicted molar refractivity (Wildman–Crippen MR) is 103 cm³/mol. The van der Waals surface area contributed by atoms with Crippen LogP contribution in [0.2, 0.25) is 0 Å². The van der Waals surface area contributed by atoms with Gasteiger partial charge in [-0.1, -0.05) is 45.3 Å². The molecule has 4 nitrogen and oxygen atoms in total. The van der Waals surface area contributed by atoms with Crippen LogP contribution >= 0.6 is 0 Å². The van der Waals surface area contributed by atoms with Crippen molar-refractivity contribution in [3.63, 3.8) is 0 Å². The molecule has 0 aromatic carbocycles. The molecule has 0 aromatic heterocycles. The minimum atomic E-state index is -0.174. The molecule has 4 heteroatoms. The monoisotopic (exact) mass is 366 g/mol. The number of rotatable bonds is 7. The Bertz CT molecular complexity index is 400. The second-order valence-corrected chi connectivity index (χ2v) is 8.35. The first-order valence-corrected chi connectivity index (χ1v) is 10.9. The maximum atomic E-state index is 6.10. The second kappa shape index (κ2) is 10.8. The Kier molecular flexibility index (Phi) is 8.44. The Morgan fingerprint density at radius 1 is 0.769 bits per heavy atom.